The number of quaternary nitrogens is 1. The molecule has 2 heterocycles. The van der Waals surface area contributed by atoms with Crippen LogP contribution in [-0.4, -0.2) is 53.0 Å². The number of carbonyl (C=O) groups excluding carboxylic acids is 1. The van der Waals surface area contributed by atoms with Gasteiger partial charge in [0, 0.05) is 18.3 Å². The topological polar surface area (TPSA) is 58.4 Å². The van der Waals surface area contributed by atoms with Crippen molar-refractivity contribution in [3.8, 4) is 17.2 Å². The number of rotatable bonds is 7. The van der Waals surface area contributed by atoms with E-state index >= 15 is 0 Å². The fraction of sp³-hybridized carbons (Fsp3) is 0.720. The van der Waals surface area contributed by atoms with Crippen molar-refractivity contribution in [2.24, 2.45) is 17.8 Å². The summed E-state index contributed by atoms with van der Waals surface area (Å²) in [4.78, 5) is 14.6. The van der Waals surface area contributed by atoms with Crippen molar-refractivity contribution in [2.45, 2.75) is 57.4 Å². The fourth-order valence-electron chi connectivity index (χ4n) is 6.30. The summed E-state index contributed by atoms with van der Waals surface area (Å²) in [5, 5.41) is 0. The van der Waals surface area contributed by atoms with Crippen LogP contribution in [0.2, 0.25) is 0 Å². The van der Waals surface area contributed by atoms with Gasteiger partial charge in [0.15, 0.2) is 11.5 Å². The second-order valence-electron chi connectivity index (χ2n) is 9.53. The minimum atomic E-state index is -0.326. The molecular formula is C25H38NO5+. The molecule has 1 saturated carbocycles. The van der Waals surface area contributed by atoms with Gasteiger partial charge in [0.25, 0.3) is 0 Å². The highest BCUT2D eigenvalue weighted by Crippen LogP contribution is 2.39. The number of nitrogens with one attached hydrogen (secondary N) is 1. The number of carbonyl (C=O) groups is 1. The lowest BCUT2D eigenvalue weighted by Gasteiger charge is -2.33. The molecule has 1 aromatic rings. The molecule has 0 spiro atoms. The Morgan fingerprint density at radius 3 is 2.29 bits per heavy atom. The van der Waals surface area contributed by atoms with Crippen molar-refractivity contribution in [1.82, 2.24) is 0 Å². The third-order valence-corrected chi connectivity index (χ3v) is 7.89. The second kappa shape index (κ2) is 10.1. The molecule has 0 radical (unpaired) electrons. The molecule has 1 N–H and O–H groups in total. The van der Waals surface area contributed by atoms with Crippen LogP contribution in [0.5, 0.6) is 17.2 Å². The summed E-state index contributed by atoms with van der Waals surface area (Å²) in [7, 11) is 4.65. The molecular weight excluding hydrogens is 394 g/mol. The Bertz CT molecular complexity index is 735. The van der Waals surface area contributed by atoms with Gasteiger partial charge in [-0.05, 0) is 43.7 Å². The van der Waals surface area contributed by atoms with Gasteiger partial charge in [0.1, 0.15) is 6.61 Å². The molecule has 0 bridgehead atoms. The van der Waals surface area contributed by atoms with E-state index in [1.807, 2.05) is 0 Å². The van der Waals surface area contributed by atoms with E-state index < -0.39 is 0 Å². The molecule has 4 rings (SSSR count). The molecule has 6 nitrogen and oxygen atoms in total. The first-order chi connectivity index (χ1) is 15.1. The summed E-state index contributed by atoms with van der Waals surface area (Å²) in [6.07, 6.45) is 10.8. The normalized spacial score (nSPS) is 28.6. The molecule has 3 fully saturated rings. The van der Waals surface area contributed by atoms with Crippen molar-refractivity contribution in [2.75, 3.05) is 41.0 Å². The highest BCUT2D eigenvalue weighted by atomic mass is 16.5. The lowest BCUT2D eigenvalue weighted by atomic mass is 9.78. The van der Waals surface area contributed by atoms with Crippen LogP contribution in [0.1, 0.15) is 61.7 Å². The van der Waals surface area contributed by atoms with Crippen LogP contribution in [0.3, 0.4) is 0 Å². The third kappa shape index (κ3) is 4.79. The van der Waals surface area contributed by atoms with E-state index in [0.717, 1.165) is 18.3 Å². The molecule has 31 heavy (non-hydrogen) atoms. The quantitative estimate of drug-likeness (QED) is 0.671. The van der Waals surface area contributed by atoms with Crippen molar-refractivity contribution in [1.29, 1.82) is 0 Å². The molecule has 0 aromatic heterocycles. The maximum atomic E-state index is 12.8. The number of hydrogen-bond donors (Lipinski definition) is 1. The van der Waals surface area contributed by atoms with E-state index in [1.54, 1.807) is 38.4 Å². The van der Waals surface area contributed by atoms with Gasteiger partial charge in [-0.1, -0.05) is 19.3 Å². The predicted molar refractivity (Wildman–Crippen MR) is 118 cm³/mol. The molecule has 3 aliphatic rings. The summed E-state index contributed by atoms with van der Waals surface area (Å²) in [6, 6.07) is 3.97. The zero-order valence-electron chi connectivity index (χ0n) is 19.3. The Hall–Kier alpha value is -1.95. The van der Waals surface area contributed by atoms with Crippen molar-refractivity contribution < 1.29 is 28.6 Å². The van der Waals surface area contributed by atoms with Crippen LogP contribution < -0.4 is 19.1 Å². The largest absolute Gasteiger partial charge is 0.493 e. The van der Waals surface area contributed by atoms with Crippen molar-refractivity contribution >= 4 is 5.97 Å². The number of ether oxygens (including phenoxy) is 4. The number of esters is 1. The maximum Gasteiger partial charge on any atom is 0.338 e. The summed E-state index contributed by atoms with van der Waals surface area (Å²) in [6.45, 7) is 3.11. The van der Waals surface area contributed by atoms with E-state index in [2.05, 4.69) is 0 Å². The Labute approximate surface area is 186 Å². The monoisotopic (exact) mass is 432 g/mol. The first-order valence-electron chi connectivity index (χ1n) is 12.0. The van der Waals surface area contributed by atoms with E-state index in [0.29, 0.717) is 41.4 Å². The van der Waals surface area contributed by atoms with E-state index in [1.165, 1.54) is 58.0 Å². The number of piperidine rings is 1. The first kappa shape index (κ1) is 22.3. The molecule has 1 aromatic carbocycles. The first-order valence-corrected chi connectivity index (χ1v) is 12.0. The van der Waals surface area contributed by atoms with Gasteiger partial charge < -0.3 is 23.8 Å². The summed E-state index contributed by atoms with van der Waals surface area (Å²) in [5.74, 6) is 3.34. The lowest BCUT2D eigenvalue weighted by molar-refractivity contribution is -0.923. The van der Waals surface area contributed by atoms with Gasteiger partial charge in [0.05, 0.1) is 46.0 Å². The lowest BCUT2D eigenvalue weighted by Crippen LogP contribution is -3.15. The maximum absolute atomic E-state index is 12.8. The van der Waals surface area contributed by atoms with Crippen LogP contribution in [0.15, 0.2) is 12.1 Å². The number of methoxy groups -OCH3 is 3. The van der Waals surface area contributed by atoms with Crippen molar-refractivity contribution in [3.05, 3.63) is 17.7 Å². The average Bonchev–Trinajstić information content (AvgIpc) is 3.27. The van der Waals surface area contributed by atoms with Crippen LogP contribution in [0, 0.1) is 17.8 Å². The average molecular weight is 433 g/mol. The summed E-state index contributed by atoms with van der Waals surface area (Å²) >= 11 is 0. The van der Waals surface area contributed by atoms with E-state index in [4.69, 9.17) is 18.9 Å². The number of hydrogen-bond acceptors (Lipinski definition) is 5. The molecule has 2 saturated heterocycles. The minimum Gasteiger partial charge on any atom is -0.493 e. The van der Waals surface area contributed by atoms with Gasteiger partial charge in [-0.15, -0.1) is 0 Å². The highest BCUT2D eigenvalue weighted by Gasteiger charge is 2.45. The molecule has 1 aliphatic carbocycles. The van der Waals surface area contributed by atoms with E-state index in [9.17, 15) is 4.79 Å². The molecule has 4 unspecified atom stereocenters. The third-order valence-electron chi connectivity index (χ3n) is 7.89. The Morgan fingerprint density at radius 1 is 0.935 bits per heavy atom. The van der Waals surface area contributed by atoms with Gasteiger partial charge >= 0.3 is 5.97 Å². The second-order valence-corrected chi connectivity index (χ2v) is 9.53. The zero-order valence-corrected chi connectivity index (χ0v) is 19.3. The molecule has 172 valence electrons. The van der Waals surface area contributed by atoms with Gasteiger partial charge in [-0.2, -0.15) is 0 Å². The highest BCUT2D eigenvalue weighted by molar-refractivity contribution is 5.91. The molecule has 2 aliphatic heterocycles. The summed E-state index contributed by atoms with van der Waals surface area (Å²) < 4.78 is 21.9. The van der Waals surface area contributed by atoms with Crippen LogP contribution in [0.4, 0.5) is 0 Å². The number of fused-ring (bicyclic) bond motifs is 1. The van der Waals surface area contributed by atoms with Crippen LogP contribution >= 0.6 is 0 Å². The minimum absolute atomic E-state index is 0.326. The zero-order chi connectivity index (χ0) is 21.8. The van der Waals surface area contributed by atoms with Gasteiger partial charge in [0.2, 0.25) is 5.75 Å². The molecule has 6 heteroatoms. The SMILES string of the molecule is COc1cc(C(=O)OCC2CCC[NH+]3CC(C4CCCCC4)CC23)cc(OC)c1OC. The smallest absolute Gasteiger partial charge is 0.338 e. The van der Waals surface area contributed by atoms with Crippen molar-refractivity contribution in [3.63, 3.8) is 0 Å². The summed E-state index contributed by atoms with van der Waals surface area (Å²) in [5.41, 5.74) is 0.431. The molecule has 0 amide bonds. The Morgan fingerprint density at radius 2 is 1.65 bits per heavy atom. The van der Waals surface area contributed by atoms with Gasteiger partial charge in [-0.25, -0.2) is 4.79 Å². The standard InChI is InChI=1S/C25H37NO5/c1-28-22-13-19(14-23(29-2)24(22)30-3)25(27)31-16-18-10-7-11-26-15-20(12-21(18)26)17-8-5-4-6-9-17/h13-14,17-18,20-21H,4-12,15-16H2,1-3H3/p+1. The Kier molecular flexibility index (Phi) is 7.26. The Balaban J connectivity index is 1.39. The molecule has 4 atom stereocenters. The van der Waals surface area contributed by atoms with Gasteiger partial charge in [-0.3, -0.25) is 0 Å². The number of benzene rings is 1. The fourth-order valence-corrected chi connectivity index (χ4v) is 6.30. The van der Waals surface area contributed by atoms with Crippen LogP contribution in [0.25, 0.3) is 0 Å². The van der Waals surface area contributed by atoms with Crippen LogP contribution in [-0.2, 0) is 4.74 Å². The van der Waals surface area contributed by atoms with E-state index in [-0.39, 0.29) is 5.97 Å². The predicted octanol–water partition coefficient (Wildman–Crippen LogP) is 3.13.